The molecule has 156 valence electrons. The minimum atomic E-state index is -0.763. The normalized spacial score (nSPS) is 10.7. The molecule has 0 aliphatic carbocycles. The van der Waals surface area contributed by atoms with Gasteiger partial charge < -0.3 is 9.47 Å². The summed E-state index contributed by atoms with van der Waals surface area (Å²) in [4.78, 5) is 23.1. The van der Waals surface area contributed by atoms with Crippen LogP contribution in [0.25, 0.3) is 10.8 Å². The number of ether oxygens (including phenoxy) is 2. The van der Waals surface area contributed by atoms with Crippen molar-refractivity contribution in [2.45, 2.75) is 25.7 Å². The van der Waals surface area contributed by atoms with Crippen molar-refractivity contribution in [2.24, 2.45) is 0 Å². The van der Waals surface area contributed by atoms with Crippen LogP contribution in [0, 0.1) is 5.82 Å². The van der Waals surface area contributed by atoms with Crippen molar-refractivity contribution in [2.75, 3.05) is 12.4 Å². The van der Waals surface area contributed by atoms with Crippen LogP contribution in [-0.4, -0.2) is 24.6 Å². The van der Waals surface area contributed by atoms with Gasteiger partial charge in [-0.1, -0.05) is 25.0 Å². The molecule has 0 aliphatic heterocycles. The molecule has 6 heteroatoms. The van der Waals surface area contributed by atoms with Gasteiger partial charge in [-0.15, -0.1) is 0 Å². The number of carbonyl (C=O) groups is 2. The molecule has 0 fully saturated rings. The Morgan fingerprint density at radius 3 is 2.47 bits per heavy atom. The van der Waals surface area contributed by atoms with Crippen LogP contribution in [0.3, 0.4) is 0 Å². The summed E-state index contributed by atoms with van der Waals surface area (Å²) in [5.74, 6) is 0.0492. The molecule has 0 N–H and O–H groups in total. The third kappa shape index (κ3) is 5.83. The molecule has 30 heavy (non-hydrogen) atoms. The maximum absolute atomic E-state index is 13.9. The fourth-order valence-electron chi connectivity index (χ4n) is 3.03. The number of fused-ring (bicyclic) bond motifs is 1. The lowest BCUT2D eigenvalue weighted by Gasteiger charge is -2.09. The summed E-state index contributed by atoms with van der Waals surface area (Å²) in [5, 5.41) is 1.78. The molecule has 0 aliphatic rings. The van der Waals surface area contributed by atoms with Crippen molar-refractivity contribution in [3.8, 4) is 11.5 Å². The van der Waals surface area contributed by atoms with Gasteiger partial charge in [0.15, 0.2) is 11.6 Å². The lowest BCUT2D eigenvalue weighted by Crippen LogP contribution is -2.09. The first kappa shape index (κ1) is 21.8. The van der Waals surface area contributed by atoms with Crippen LogP contribution in [0.4, 0.5) is 4.39 Å². The van der Waals surface area contributed by atoms with Crippen LogP contribution in [0.15, 0.2) is 54.6 Å². The van der Waals surface area contributed by atoms with E-state index < -0.39 is 11.8 Å². The second kappa shape index (κ2) is 10.8. The largest absolute Gasteiger partial charge is 0.494 e. The Morgan fingerprint density at radius 2 is 1.70 bits per heavy atom. The van der Waals surface area contributed by atoms with E-state index in [-0.39, 0.29) is 11.3 Å². The molecule has 3 aromatic carbocycles. The predicted molar refractivity (Wildman–Crippen MR) is 119 cm³/mol. The first-order valence-corrected chi connectivity index (χ1v) is 10.5. The zero-order valence-electron chi connectivity index (χ0n) is 16.5. The zero-order valence-corrected chi connectivity index (χ0v) is 17.4. The highest BCUT2D eigenvalue weighted by Crippen LogP contribution is 2.24. The number of hydrogen-bond donors (Lipinski definition) is 1. The maximum atomic E-state index is 13.9. The molecule has 0 atom stereocenters. The van der Waals surface area contributed by atoms with Gasteiger partial charge in [0.25, 0.3) is 0 Å². The van der Waals surface area contributed by atoms with Crippen molar-refractivity contribution in [3.63, 3.8) is 0 Å². The quantitative estimate of drug-likeness (QED) is 0.145. The molecule has 0 amide bonds. The van der Waals surface area contributed by atoms with Crippen molar-refractivity contribution >= 4 is 35.7 Å². The molecular formula is C24H23FO4S. The third-order valence-electron chi connectivity index (χ3n) is 4.66. The summed E-state index contributed by atoms with van der Waals surface area (Å²) in [7, 11) is 0. The molecule has 0 unspecified atom stereocenters. The van der Waals surface area contributed by atoms with Gasteiger partial charge in [0, 0.05) is 5.56 Å². The Labute approximate surface area is 180 Å². The van der Waals surface area contributed by atoms with Crippen LogP contribution < -0.4 is 9.47 Å². The third-order valence-corrected chi connectivity index (χ3v) is 4.98. The van der Waals surface area contributed by atoms with Gasteiger partial charge in [0.1, 0.15) is 12.0 Å². The standard InChI is InChI=1S/C24H23FO4S/c25-22-13-17(16-26)5-10-23(22)29-24(27)20-7-6-19-15-21(9-8-18(19)14-20)28-11-3-1-2-4-12-30/h5-10,13-16,30H,1-4,11-12H2. The first-order valence-electron chi connectivity index (χ1n) is 9.85. The molecule has 0 heterocycles. The molecule has 0 saturated heterocycles. The van der Waals surface area contributed by atoms with Gasteiger partial charge in [-0.25, -0.2) is 9.18 Å². The number of hydrogen-bond acceptors (Lipinski definition) is 5. The van der Waals surface area contributed by atoms with E-state index in [0.717, 1.165) is 54.0 Å². The summed E-state index contributed by atoms with van der Waals surface area (Å²) in [6, 6.07) is 14.5. The van der Waals surface area contributed by atoms with Crippen LogP contribution in [-0.2, 0) is 0 Å². The van der Waals surface area contributed by atoms with Gasteiger partial charge in [0.2, 0.25) is 0 Å². The van der Waals surface area contributed by atoms with E-state index in [2.05, 4.69) is 12.6 Å². The lowest BCUT2D eigenvalue weighted by atomic mass is 10.1. The summed E-state index contributed by atoms with van der Waals surface area (Å²) in [6.45, 7) is 0.664. The number of rotatable bonds is 10. The van der Waals surface area contributed by atoms with Gasteiger partial charge in [-0.3, -0.25) is 4.79 Å². The van der Waals surface area contributed by atoms with Crippen LogP contribution in [0.2, 0.25) is 0 Å². The van der Waals surface area contributed by atoms with E-state index in [1.165, 1.54) is 12.1 Å². The Hall–Kier alpha value is -2.86. The lowest BCUT2D eigenvalue weighted by molar-refractivity contribution is 0.0728. The number of esters is 1. The summed E-state index contributed by atoms with van der Waals surface area (Å²) in [6.07, 6.45) is 4.94. The Bertz CT molecular complexity index is 1030. The van der Waals surface area contributed by atoms with E-state index in [4.69, 9.17) is 9.47 Å². The van der Waals surface area contributed by atoms with E-state index >= 15 is 0 Å². The number of carbonyl (C=O) groups excluding carboxylic acids is 2. The average molecular weight is 427 g/mol. The van der Waals surface area contributed by atoms with Gasteiger partial charge in [-0.05, 0) is 71.8 Å². The second-order valence-electron chi connectivity index (χ2n) is 6.91. The van der Waals surface area contributed by atoms with Crippen molar-refractivity contribution in [1.82, 2.24) is 0 Å². The molecule has 3 rings (SSSR count). The van der Waals surface area contributed by atoms with Crippen LogP contribution >= 0.6 is 12.6 Å². The highest BCUT2D eigenvalue weighted by molar-refractivity contribution is 7.80. The SMILES string of the molecule is O=Cc1ccc(OC(=O)c2ccc3cc(OCCCCCCS)ccc3c2)c(F)c1. The van der Waals surface area contributed by atoms with Gasteiger partial charge in [0.05, 0.1) is 12.2 Å². The number of thiol groups is 1. The smallest absolute Gasteiger partial charge is 0.343 e. The van der Waals surface area contributed by atoms with Gasteiger partial charge in [-0.2, -0.15) is 12.6 Å². The Balaban J connectivity index is 1.63. The van der Waals surface area contributed by atoms with Gasteiger partial charge >= 0.3 is 5.97 Å². The molecule has 0 radical (unpaired) electrons. The number of aldehydes is 1. The first-order chi connectivity index (χ1) is 14.6. The average Bonchev–Trinajstić information content (AvgIpc) is 2.77. The molecule has 4 nitrogen and oxygen atoms in total. The predicted octanol–water partition coefficient (Wildman–Crippen LogP) is 5.88. The molecule has 0 aromatic heterocycles. The van der Waals surface area contributed by atoms with E-state index in [0.29, 0.717) is 18.5 Å². The Kier molecular flexibility index (Phi) is 7.85. The molecule has 0 bridgehead atoms. The summed E-state index contributed by atoms with van der Waals surface area (Å²) < 4.78 is 24.9. The van der Waals surface area contributed by atoms with Crippen molar-refractivity contribution < 1.29 is 23.5 Å². The minimum Gasteiger partial charge on any atom is -0.494 e. The summed E-state index contributed by atoms with van der Waals surface area (Å²) in [5.41, 5.74) is 0.480. The van der Waals surface area contributed by atoms with E-state index in [1.54, 1.807) is 18.2 Å². The highest BCUT2D eigenvalue weighted by Gasteiger charge is 2.13. The summed E-state index contributed by atoms with van der Waals surface area (Å²) >= 11 is 4.21. The highest BCUT2D eigenvalue weighted by atomic mass is 32.1. The van der Waals surface area contributed by atoms with Crippen molar-refractivity contribution in [1.29, 1.82) is 0 Å². The molecule has 0 spiro atoms. The van der Waals surface area contributed by atoms with E-state index in [9.17, 15) is 14.0 Å². The zero-order chi connectivity index (χ0) is 21.3. The molecule has 0 saturated carbocycles. The van der Waals surface area contributed by atoms with Crippen LogP contribution in [0.1, 0.15) is 46.4 Å². The van der Waals surface area contributed by atoms with E-state index in [1.807, 2.05) is 18.2 Å². The Morgan fingerprint density at radius 1 is 0.933 bits per heavy atom. The maximum Gasteiger partial charge on any atom is 0.343 e. The molecular weight excluding hydrogens is 403 g/mol. The van der Waals surface area contributed by atoms with Crippen LogP contribution in [0.5, 0.6) is 11.5 Å². The second-order valence-corrected chi connectivity index (χ2v) is 7.35. The fraction of sp³-hybridized carbons (Fsp3) is 0.250. The minimum absolute atomic E-state index is 0.175. The number of benzene rings is 3. The topological polar surface area (TPSA) is 52.6 Å². The number of unbranched alkanes of at least 4 members (excludes halogenated alkanes) is 3. The monoisotopic (exact) mass is 426 g/mol. The van der Waals surface area contributed by atoms with Crippen molar-refractivity contribution in [3.05, 3.63) is 71.5 Å². The number of halogens is 1. The fourth-order valence-corrected chi connectivity index (χ4v) is 3.25. The molecule has 3 aromatic rings.